The molecule has 0 saturated heterocycles. The third-order valence-corrected chi connectivity index (χ3v) is 2.61. The molecule has 2 aromatic carbocycles. The molecule has 16 heavy (non-hydrogen) atoms. The first-order valence-corrected chi connectivity index (χ1v) is 5.20. The molecule has 0 saturated carbocycles. The molecule has 0 aliphatic carbocycles. The molecule has 0 aromatic heterocycles. The summed E-state index contributed by atoms with van der Waals surface area (Å²) in [6.45, 7) is 1.70. The van der Waals surface area contributed by atoms with Gasteiger partial charge in [0.05, 0.1) is 0 Å². The van der Waals surface area contributed by atoms with Crippen LogP contribution >= 0.6 is 11.6 Å². The average Bonchev–Trinajstić information content (AvgIpc) is 2.20. The van der Waals surface area contributed by atoms with E-state index < -0.39 is 0 Å². The Morgan fingerprint density at radius 2 is 1.81 bits per heavy atom. The first-order chi connectivity index (χ1) is 7.56. The van der Waals surface area contributed by atoms with Gasteiger partial charge < -0.3 is 5.11 Å². The van der Waals surface area contributed by atoms with E-state index in [0.717, 1.165) is 0 Å². The predicted molar refractivity (Wildman–Crippen MR) is 63.2 cm³/mol. The summed E-state index contributed by atoms with van der Waals surface area (Å²) in [5.74, 6) is -0.194. The molecule has 1 N–H and O–H groups in total. The Kier molecular flexibility index (Phi) is 2.84. The fourth-order valence-corrected chi connectivity index (χ4v) is 1.74. The second-order valence-corrected chi connectivity index (χ2v) is 4.10. The van der Waals surface area contributed by atoms with Crippen LogP contribution in [-0.2, 0) is 0 Å². The van der Waals surface area contributed by atoms with Gasteiger partial charge in [-0.2, -0.15) is 0 Å². The molecule has 0 bridgehead atoms. The second kappa shape index (κ2) is 4.14. The van der Waals surface area contributed by atoms with Gasteiger partial charge in [0.2, 0.25) is 0 Å². The molecule has 2 aromatic rings. The molecule has 0 fully saturated rings. The van der Waals surface area contributed by atoms with Crippen molar-refractivity contribution in [1.82, 2.24) is 0 Å². The predicted octanol–water partition coefficient (Wildman–Crippen LogP) is 4.16. The van der Waals surface area contributed by atoms with Gasteiger partial charge in [-0.25, -0.2) is 4.39 Å². The standard InChI is InChI=1S/C13H10ClFO/c1-8-2-3-9(6-13(8)15)10-4-11(14)7-12(16)5-10/h2-7,16H,1H3. The molecule has 0 amide bonds. The van der Waals surface area contributed by atoms with Crippen molar-refractivity contribution in [3.63, 3.8) is 0 Å². The highest BCUT2D eigenvalue weighted by Gasteiger charge is 2.04. The largest absolute Gasteiger partial charge is 0.508 e. The van der Waals surface area contributed by atoms with Crippen molar-refractivity contribution >= 4 is 11.6 Å². The van der Waals surface area contributed by atoms with Gasteiger partial charge in [0, 0.05) is 5.02 Å². The average molecular weight is 237 g/mol. The van der Waals surface area contributed by atoms with Crippen LogP contribution in [0.1, 0.15) is 5.56 Å². The van der Waals surface area contributed by atoms with Crippen molar-refractivity contribution < 1.29 is 9.50 Å². The lowest BCUT2D eigenvalue weighted by molar-refractivity contribution is 0.475. The van der Waals surface area contributed by atoms with Crippen molar-refractivity contribution in [2.75, 3.05) is 0 Å². The molecule has 0 aliphatic rings. The van der Waals surface area contributed by atoms with Gasteiger partial charge in [-0.3, -0.25) is 0 Å². The van der Waals surface area contributed by atoms with E-state index in [1.54, 1.807) is 31.2 Å². The van der Waals surface area contributed by atoms with Crippen molar-refractivity contribution in [3.05, 3.63) is 52.8 Å². The highest BCUT2D eigenvalue weighted by atomic mass is 35.5. The summed E-state index contributed by atoms with van der Waals surface area (Å²) in [6.07, 6.45) is 0. The zero-order valence-electron chi connectivity index (χ0n) is 8.67. The van der Waals surface area contributed by atoms with Gasteiger partial charge in [0.25, 0.3) is 0 Å². The number of aryl methyl sites for hydroxylation is 1. The SMILES string of the molecule is Cc1ccc(-c2cc(O)cc(Cl)c2)cc1F. The lowest BCUT2D eigenvalue weighted by atomic mass is 10.0. The quantitative estimate of drug-likeness (QED) is 0.788. The fourth-order valence-electron chi connectivity index (χ4n) is 1.51. The molecule has 0 aliphatic heterocycles. The van der Waals surface area contributed by atoms with Crippen molar-refractivity contribution in [3.8, 4) is 16.9 Å². The van der Waals surface area contributed by atoms with E-state index >= 15 is 0 Å². The number of benzene rings is 2. The first kappa shape index (κ1) is 11.0. The highest BCUT2D eigenvalue weighted by molar-refractivity contribution is 6.31. The smallest absolute Gasteiger partial charge is 0.126 e. The highest BCUT2D eigenvalue weighted by Crippen LogP contribution is 2.28. The van der Waals surface area contributed by atoms with Crippen LogP contribution in [0, 0.1) is 12.7 Å². The van der Waals surface area contributed by atoms with Crippen molar-refractivity contribution in [1.29, 1.82) is 0 Å². The van der Waals surface area contributed by atoms with Crippen LogP contribution in [0.4, 0.5) is 4.39 Å². The molecular formula is C13H10ClFO. The van der Waals surface area contributed by atoms with Crippen LogP contribution in [0.3, 0.4) is 0 Å². The zero-order valence-corrected chi connectivity index (χ0v) is 9.42. The lowest BCUT2D eigenvalue weighted by Gasteiger charge is -2.05. The molecule has 2 rings (SSSR count). The third kappa shape index (κ3) is 2.17. The van der Waals surface area contributed by atoms with Gasteiger partial charge in [-0.15, -0.1) is 0 Å². The first-order valence-electron chi connectivity index (χ1n) is 4.82. The van der Waals surface area contributed by atoms with Crippen LogP contribution in [0.5, 0.6) is 5.75 Å². The Balaban J connectivity index is 2.54. The maximum absolute atomic E-state index is 13.4. The third-order valence-electron chi connectivity index (χ3n) is 2.39. The van der Waals surface area contributed by atoms with Gasteiger partial charge in [0.1, 0.15) is 11.6 Å². The Morgan fingerprint density at radius 1 is 1.06 bits per heavy atom. The number of rotatable bonds is 1. The van der Waals surface area contributed by atoms with E-state index in [1.165, 1.54) is 12.1 Å². The molecule has 0 heterocycles. The number of halogens is 2. The Hall–Kier alpha value is -1.54. The molecule has 0 atom stereocenters. The molecule has 3 heteroatoms. The summed E-state index contributed by atoms with van der Waals surface area (Å²) in [5, 5.41) is 9.83. The van der Waals surface area contributed by atoms with E-state index in [9.17, 15) is 9.50 Å². The Morgan fingerprint density at radius 3 is 2.44 bits per heavy atom. The number of phenols is 1. The van der Waals surface area contributed by atoms with E-state index in [1.807, 2.05) is 0 Å². The maximum Gasteiger partial charge on any atom is 0.126 e. The second-order valence-electron chi connectivity index (χ2n) is 3.66. The maximum atomic E-state index is 13.4. The summed E-state index contributed by atoms with van der Waals surface area (Å²) in [5.41, 5.74) is 1.99. The monoisotopic (exact) mass is 236 g/mol. The van der Waals surface area contributed by atoms with Gasteiger partial charge in [-0.05, 0) is 47.9 Å². The van der Waals surface area contributed by atoms with Crippen molar-refractivity contribution in [2.45, 2.75) is 6.92 Å². The number of aromatic hydroxyl groups is 1. The molecule has 0 unspecified atom stereocenters. The van der Waals surface area contributed by atoms with Crippen molar-refractivity contribution in [2.24, 2.45) is 0 Å². The number of hydrogen-bond acceptors (Lipinski definition) is 1. The minimum absolute atomic E-state index is 0.0727. The number of hydrogen-bond donors (Lipinski definition) is 1. The normalized spacial score (nSPS) is 10.4. The van der Waals surface area contributed by atoms with E-state index in [0.29, 0.717) is 21.7 Å². The molecule has 0 radical (unpaired) electrons. The fraction of sp³-hybridized carbons (Fsp3) is 0.0769. The number of phenolic OH excluding ortho intramolecular Hbond substituents is 1. The molecular weight excluding hydrogens is 227 g/mol. The van der Waals surface area contributed by atoms with E-state index in [-0.39, 0.29) is 11.6 Å². The lowest BCUT2D eigenvalue weighted by Crippen LogP contribution is -1.84. The summed E-state index contributed by atoms with van der Waals surface area (Å²) < 4.78 is 13.4. The summed E-state index contributed by atoms with van der Waals surface area (Å²) in [6, 6.07) is 9.60. The topological polar surface area (TPSA) is 20.2 Å². The van der Waals surface area contributed by atoms with Crippen LogP contribution in [0.2, 0.25) is 5.02 Å². The Labute approximate surface area is 98.1 Å². The summed E-state index contributed by atoms with van der Waals surface area (Å²) in [4.78, 5) is 0. The van der Waals surface area contributed by atoms with Gasteiger partial charge >= 0.3 is 0 Å². The van der Waals surface area contributed by atoms with Gasteiger partial charge in [0.15, 0.2) is 0 Å². The van der Waals surface area contributed by atoms with E-state index in [2.05, 4.69) is 0 Å². The minimum Gasteiger partial charge on any atom is -0.508 e. The summed E-state index contributed by atoms with van der Waals surface area (Å²) in [7, 11) is 0. The zero-order chi connectivity index (χ0) is 11.7. The Bertz CT molecular complexity index is 517. The van der Waals surface area contributed by atoms with Gasteiger partial charge in [-0.1, -0.05) is 23.7 Å². The minimum atomic E-state index is -0.267. The van der Waals surface area contributed by atoms with Crippen LogP contribution in [0.15, 0.2) is 36.4 Å². The molecule has 0 spiro atoms. The molecule has 1 nitrogen and oxygen atoms in total. The van der Waals surface area contributed by atoms with E-state index in [4.69, 9.17) is 11.6 Å². The van der Waals surface area contributed by atoms with Crippen LogP contribution in [-0.4, -0.2) is 5.11 Å². The van der Waals surface area contributed by atoms with Crippen LogP contribution < -0.4 is 0 Å². The summed E-state index contributed by atoms with van der Waals surface area (Å²) >= 11 is 5.82. The molecule has 82 valence electrons. The van der Waals surface area contributed by atoms with Crippen LogP contribution in [0.25, 0.3) is 11.1 Å².